The molecule has 1 aromatic rings. The van der Waals surface area contributed by atoms with Crippen LogP contribution in [0.15, 0.2) is 24.3 Å². The van der Waals surface area contributed by atoms with Crippen LogP contribution in [0.5, 0.6) is 0 Å². The maximum atomic E-state index is 2.59. The van der Waals surface area contributed by atoms with E-state index in [0.29, 0.717) is 0 Å². The molecule has 2 rings (SSSR count). The van der Waals surface area contributed by atoms with Crippen molar-refractivity contribution in [1.82, 2.24) is 9.80 Å². The van der Waals surface area contributed by atoms with E-state index in [0.717, 1.165) is 12.5 Å². The molecule has 1 aliphatic rings. The molecule has 1 saturated heterocycles. The maximum absolute atomic E-state index is 2.59. The summed E-state index contributed by atoms with van der Waals surface area (Å²) in [5.74, 6) is 0.896. The van der Waals surface area contributed by atoms with Gasteiger partial charge in [-0.15, -0.1) is 0 Å². The molecular weight excluding hydrogens is 335 g/mol. The Balaban J connectivity index is 1.78. The SMILES string of the molecule is CN(C)CC1CCN(Cc2ccc(I)cc2)CC1. The van der Waals surface area contributed by atoms with Gasteiger partial charge in [-0.3, -0.25) is 4.90 Å². The molecule has 0 N–H and O–H groups in total. The zero-order valence-corrected chi connectivity index (χ0v) is 13.6. The second kappa shape index (κ2) is 6.87. The molecule has 100 valence electrons. The summed E-state index contributed by atoms with van der Waals surface area (Å²) in [6, 6.07) is 8.92. The quantitative estimate of drug-likeness (QED) is 0.764. The molecule has 0 saturated carbocycles. The Labute approximate surface area is 124 Å². The van der Waals surface area contributed by atoms with Gasteiger partial charge in [0.15, 0.2) is 0 Å². The maximum Gasteiger partial charge on any atom is 0.0233 e. The van der Waals surface area contributed by atoms with Crippen LogP contribution in [0, 0.1) is 9.49 Å². The molecule has 0 atom stereocenters. The highest BCUT2D eigenvalue weighted by molar-refractivity contribution is 14.1. The summed E-state index contributed by atoms with van der Waals surface area (Å²) in [4.78, 5) is 4.91. The molecule has 1 aliphatic heterocycles. The number of nitrogens with zero attached hydrogens (tertiary/aromatic N) is 2. The summed E-state index contributed by atoms with van der Waals surface area (Å²) < 4.78 is 1.32. The fraction of sp³-hybridized carbons (Fsp3) is 0.600. The molecule has 0 amide bonds. The third-order valence-electron chi connectivity index (χ3n) is 3.65. The van der Waals surface area contributed by atoms with Crippen molar-refractivity contribution in [2.45, 2.75) is 19.4 Å². The minimum Gasteiger partial charge on any atom is -0.309 e. The first-order chi connectivity index (χ1) is 8.63. The van der Waals surface area contributed by atoms with Gasteiger partial charge in [0.25, 0.3) is 0 Å². The van der Waals surface area contributed by atoms with E-state index in [2.05, 4.69) is 70.8 Å². The van der Waals surface area contributed by atoms with Crippen LogP contribution in [0.1, 0.15) is 18.4 Å². The number of halogens is 1. The van der Waals surface area contributed by atoms with E-state index in [1.807, 2.05) is 0 Å². The van der Waals surface area contributed by atoms with Crippen molar-refractivity contribution in [2.75, 3.05) is 33.7 Å². The Morgan fingerprint density at radius 1 is 1.17 bits per heavy atom. The van der Waals surface area contributed by atoms with E-state index >= 15 is 0 Å². The van der Waals surface area contributed by atoms with Crippen molar-refractivity contribution < 1.29 is 0 Å². The standard InChI is InChI=1S/C15H23IN2/c1-17(2)11-14-7-9-18(10-8-14)12-13-3-5-15(16)6-4-13/h3-6,14H,7-12H2,1-2H3. The van der Waals surface area contributed by atoms with Crippen LogP contribution in [0.3, 0.4) is 0 Å². The predicted octanol–water partition coefficient (Wildman–Crippen LogP) is 3.06. The number of hydrogen-bond acceptors (Lipinski definition) is 2. The predicted molar refractivity (Wildman–Crippen MR) is 85.7 cm³/mol. The molecule has 0 aromatic heterocycles. The summed E-state index contributed by atoms with van der Waals surface area (Å²) in [5.41, 5.74) is 1.45. The van der Waals surface area contributed by atoms with Crippen molar-refractivity contribution in [1.29, 1.82) is 0 Å². The molecular formula is C15H23IN2. The van der Waals surface area contributed by atoms with Crippen LogP contribution in [-0.2, 0) is 6.54 Å². The summed E-state index contributed by atoms with van der Waals surface area (Å²) in [6.07, 6.45) is 2.70. The first-order valence-electron chi connectivity index (χ1n) is 6.75. The average molecular weight is 358 g/mol. The van der Waals surface area contributed by atoms with E-state index in [1.165, 1.54) is 41.6 Å². The zero-order chi connectivity index (χ0) is 13.0. The van der Waals surface area contributed by atoms with Gasteiger partial charge in [-0.2, -0.15) is 0 Å². The van der Waals surface area contributed by atoms with E-state index in [4.69, 9.17) is 0 Å². The Morgan fingerprint density at radius 2 is 1.78 bits per heavy atom. The monoisotopic (exact) mass is 358 g/mol. The minimum absolute atomic E-state index is 0.896. The third-order valence-corrected chi connectivity index (χ3v) is 4.37. The van der Waals surface area contributed by atoms with Gasteiger partial charge in [-0.1, -0.05) is 12.1 Å². The number of rotatable bonds is 4. The number of benzene rings is 1. The van der Waals surface area contributed by atoms with Gasteiger partial charge in [0.2, 0.25) is 0 Å². The second-order valence-corrected chi connectivity index (χ2v) is 6.85. The molecule has 3 heteroatoms. The highest BCUT2D eigenvalue weighted by atomic mass is 127. The van der Waals surface area contributed by atoms with Gasteiger partial charge < -0.3 is 4.90 Å². The highest BCUT2D eigenvalue weighted by Gasteiger charge is 2.19. The van der Waals surface area contributed by atoms with Crippen LogP contribution in [0.2, 0.25) is 0 Å². The van der Waals surface area contributed by atoms with E-state index in [1.54, 1.807) is 0 Å². The molecule has 2 nitrogen and oxygen atoms in total. The van der Waals surface area contributed by atoms with Crippen molar-refractivity contribution in [3.63, 3.8) is 0 Å². The summed E-state index contributed by atoms with van der Waals surface area (Å²) >= 11 is 2.36. The van der Waals surface area contributed by atoms with Gasteiger partial charge in [0, 0.05) is 16.7 Å². The van der Waals surface area contributed by atoms with E-state index in [9.17, 15) is 0 Å². The van der Waals surface area contributed by atoms with Crippen LogP contribution < -0.4 is 0 Å². The van der Waals surface area contributed by atoms with Gasteiger partial charge >= 0.3 is 0 Å². The van der Waals surface area contributed by atoms with Gasteiger partial charge in [-0.05, 0) is 86.2 Å². The largest absolute Gasteiger partial charge is 0.309 e. The number of hydrogen-bond donors (Lipinski definition) is 0. The van der Waals surface area contributed by atoms with Crippen LogP contribution in [-0.4, -0.2) is 43.5 Å². The summed E-state index contributed by atoms with van der Waals surface area (Å²) in [7, 11) is 4.36. The van der Waals surface area contributed by atoms with Crippen molar-refractivity contribution in [3.8, 4) is 0 Å². The molecule has 1 fully saturated rings. The van der Waals surface area contributed by atoms with Crippen molar-refractivity contribution in [3.05, 3.63) is 33.4 Å². The second-order valence-electron chi connectivity index (χ2n) is 5.61. The molecule has 0 radical (unpaired) electrons. The molecule has 1 aromatic carbocycles. The topological polar surface area (TPSA) is 6.48 Å². The molecule has 1 heterocycles. The number of piperidine rings is 1. The van der Waals surface area contributed by atoms with Crippen molar-refractivity contribution in [2.24, 2.45) is 5.92 Å². The van der Waals surface area contributed by atoms with E-state index < -0.39 is 0 Å². The third kappa shape index (κ3) is 4.52. The van der Waals surface area contributed by atoms with Gasteiger partial charge in [0.05, 0.1) is 0 Å². The minimum atomic E-state index is 0.896. The Bertz CT molecular complexity index is 353. The van der Waals surface area contributed by atoms with Crippen LogP contribution in [0.25, 0.3) is 0 Å². The van der Waals surface area contributed by atoms with Gasteiger partial charge in [-0.25, -0.2) is 0 Å². The Morgan fingerprint density at radius 3 is 2.33 bits per heavy atom. The lowest BCUT2D eigenvalue weighted by Gasteiger charge is -2.33. The molecule has 18 heavy (non-hydrogen) atoms. The lowest BCUT2D eigenvalue weighted by atomic mass is 9.96. The molecule has 0 aliphatic carbocycles. The average Bonchev–Trinajstić information content (AvgIpc) is 2.34. The molecule has 0 unspecified atom stereocenters. The zero-order valence-electron chi connectivity index (χ0n) is 11.4. The molecule has 0 bridgehead atoms. The van der Waals surface area contributed by atoms with Gasteiger partial charge in [0.1, 0.15) is 0 Å². The Hall–Kier alpha value is -0.130. The van der Waals surface area contributed by atoms with Crippen LogP contribution in [0.4, 0.5) is 0 Å². The summed E-state index contributed by atoms with van der Waals surface area (Å²) in [6.45, 7) is 4.87. The fourth-order valence-electron chi connectivity index (χ4n) is 2.69. The highest BCUT2D eigenvalue weighted by Crippen LogP contribution is 2.19. The molecule has 0 spiro atoms. The normalized spacial score (nSPS) is 18.4. The lowest BCUT2D eigenvalue weighted by molar-refractivity contribution is 0.157. The first kappa shape index (κ1) is 14.3. The number of likely N-dealkylation sites (tertiary alicyclic amines) is 1. The van der Waals surface area contributed by atoms with E-state index in [-0.39, 0.29) is 0 Å². The smallest absolute Gasteiger partial charge is 0.0233 e. The lowest BCUT2D eigenvalue weighted by Crippen LogP contribution is -2.36. The van der Waals surface area contributed by atoms with Crippen molar-refractivity contribution >= 4 is 22.6 Å². The fourth-order valence-corrected chi connectivity index (χ4v) is 3.05. The summed E-state index contributed by atoms with van der Waals surface area (Å²) in [5, 5.41) is 0. The Kier molecular flexibility index (Phi) is 5.45. The first-order valence-corrected chi connectivity index (χ1v) is 7.83. The van der Waals surface area contributed by atoms with Crippen LogP contribution >= 0.6 is 22.6 Å².